The van der Waals surface area contributed by atoms with E-state index >= 15 is 0 Å². The van der Waals surface area contributed by atoms with Crippen molar-refractivity contribution < 1.29 is 24.4 Å². The highest BCUT2D eigenvalue weighted by molar-refractivity contribution is 8.00. The molecule has 2 aromatic rings. The molecule has 2 saturated heterocycles. The Morgan fingerprint density at radius 1 is 1.50 bits per heavy atom. The maximum absolute atomic E-state index is 12.6. The number of imidazole rings is 1. The molecule has 0 spiro atoms. The molecule has 5 atom stereocenters. The van der Waals surface area contributed by atoms with Crippen LogP contribution in [-0.2, 0) is 16.6 Å². The number of rotatable bonds is 5. The van der Waals surface area contributed by atoms with E-state index in [1.54, 1.807) is 18.3 Å². The minimum atomic E-state index is -1.34. The molecule has 0 aliphatic carbocycles. The number of amides is 1. The highest BCUT2D eigenvalue weighted by Crippen LogP contribution is 2.51. The van der Waals surface area contributed by atoms with Gasteiger partial charge in [-0.3, -0.25) is 4.79 Å². The third-order valence-corrected chi connectivity index (χ3v) is 9.13. The Morgan fingerprint density at radius 3 is 2.90 bits per heavy atom. The van der Waals surface area contributed by atoms with Gasteiger partial charge in [0.05, 0.1) is 41.7 Å². The van der Waals surface area contributed by atoms with Crippen LogP contribution in [0.1, 0.15) is 25.1 Å². The molecule has 8 nitrogen and oxygen atoms in total. The maximum Gasteiger partial charge on any atom is 0.250 e. The molecule has 2 N–H and O–H groups in total. The highest BCUT2D eigenvalue weighted by Gasteiger charge is 2.59. The van der Waals surface area contributed by atoms with Crippen LogP contribution in [0.2, 0.25) is 0 Å². The predicted octanol–water partition coefficient (Wildman–Crippen LogP) is -0.402. The van der Waals surface area contributed by atoms with E-state index in [0.717, 1.165) is 34.2 Å². The predicted molar refractivity (Wildman–Crippen MR) is 110 cm³/mol. The van der Waals surface area contributed by atoms with Crippen LogP contribution in [0.5, 0.6) is 0 Å². The lowest BCUT2D eigenvalue weighted by Crippen LogP contribution is -2.64. The lowest BCUT2D eigenvalue weighted by atomic mass is 9.77. The Hall–Kier alpha value is -1.88. The number of aliphatic hydroxyl groups excluding tert-OH is 1. The fourth-order valence-electron chi connectivity index (χ4n) is 5.03. The van der Waals surface area contributed by atoms with Gasteiger partial charge in [0, 0.05) is 23.3 Å². The van der Waals surface area contributed by atoms with Crippen LogP contribution in [0.25, 0.3) is 10.4 Å². The van der Waals surface area contributed by atoms with Gasteiger partial charge in [0.15, 0.2) is 0 Å². The monoisotopic (exact) mass is 448 g/mol. The van der Waals surface area contributed by atoms with E-state index in [4.69, 9.17) is 0 Å². The van der Waals surface area contributed by atoms with Gasteiger partial charge in [0.25, 0.3) is 0 Å². The van der Waals surface area contributed by atoms with Crippen LogP contribution >= 0.6 is 23.1 Å². The molecule has 2 fully saturated rings. The number of carboxylic acid groups (broad SMARTS) is 1. The molecular weight excluding hydrogens is 424 g/mol. The number of aromatic nitrogens is 2. The second-order valence-electron chi connectivity index (χ2n) is 8.38. The average molecular weight is 449 g/mol. The van der Waals surface area contributed by atoms with E-state index in [1.165, 1.54) is 4.90 Å². The van der Waals surface area contributed by atoms with Gasteiger partial charge >= 0.3 is 0 Å². The molecule has 0 radical (unpaired) electrons. The van der Waals surface area contributed by atoms with E-state index in [2.05, 4.69) is 9.88 Å². The first-order valence-corrected chi connectivity index (χ1v) is 11.8. The minimum absolute atomic E-state index is 0.0440. The first-order chi connectivity index (χ1) is 14.3. The maximum atomic E-state index is 12.6. The lowest BCUT2D eigenvalue weighted by Gasteiger charge is -2.47. The second-order valence-corrected chi connectivity index (χ2v) is 10.7. The van der Waals surface area contributed by atoms with Crippen LogP contribution in [0.3, 0.4) is 0 Å². The molecule has 30 heavy (non-hydrogen) atoms. The minimum Gasteiger partial charge on any atom is -0.543 e. The smallest absolute Gasteiger partial charge is 0.250 e. The fourth-order valence-corrected chi connectivity index (χ4v) is 7.67. The number of carbonyl (C=O) groups is 2. The van der Waals surface area contributed by atoms with E-state index in [1.807, 2.05) is 42.7 Å². The van der Waals surface area contributed by atoms with Crippen molar-refractivity contribution in [2.24, 2.45) is 18.9 Å². The third-order valence-electron chi connectivity index (χ3n) is 6.42. The van der Waals surface area contributed by atoms with E-state index in [0.29, 0.717) is 10.8 Å². The lowest BCUT2D eigenvalue weighted by molar-refractivity contribution is -0.705. The summed E-state index contributed by atoms with van der Waals surface area (Å²) in [6.07, 6.45) is 4.25. The van der Waals surface area contributed by atoms with Crippen molar-refractivity contribution in [2.45, 2.75) is 42.7 Å². The van der Waals surface area contributed by atoms with Crippen LogP contribution in [-0.4, -0.2) is 56.8 Å². The summed E-state index contributed by atoms with van der Waals surface area (Å²) in [5.41, 5.74) is 0.587. The normalized spacial score (nSPS) is 29.6. The zero-order chi connectivity index (χ0) is 21.3. The van der Waals surface area contributed by atoms with Gasteiger partial charge in [0.2, 0.25) is 22.1 Å². The van der Waals surface area contributed by atoms with Gasteiger partial charge in [-0.1, -0.05) is 30.0 Å². The summed E-state index contributed by atoms with van der Waals surface area (Å²) < 4.78 is 4.13. The molecule has 3 aliphatic heterocycles. The number of aryl methyl sites for hydroxylation is 1. The molecule has 2 aromatic heterocycles. The SMILES string of the molecule is C[C@@H](O)[C@H]1C(=O)N2C(C(=O)[O-])=C(c3cn4c[n+](C)c(S[C@H]5CCNC5)c4s3)[C@H](C)[C@H]12. The Labute approximate surface area is 182 Å². The number of thiazole rings is 1. The second kappa shape index (κ2) is 7.08. The molecular formula is C20H24N4O4S2. The van der Waals surface area contributed by atoms with E-state index in [-0.39, 0.29) is 23.6 Å². The summed E-state index contributed by atoms with van der Waals surface area (Å²) >= 11 is 3.39. The van der Waals surface area contributed by atoms with Gasteiger partial charge in [0.1, 0.15) is 6.20 Å². The highest BCUT2D eigenvalue weighted by atomic mass is 32.2. The van der Waals surface area contributed by atoms with Gasteiger partial charge in [-0.15, -0.1) is 0 Å². The number of β-lactam (4-membered cyclic amide) rings is 1. The number of fused-ring (bicyclic) bond motifs is 2. The summed E-state index contributed by atoms with van der Waals surface area (Å²) in [7, 11) is 2.02. The summed E-state index contributed by atoms with van der Waals surface area (Å²) in [5.74, 6) is -2.44. The van der Waals surface area contributed by atoms with Gasteiger partial charge in [-0.05, 0) is 19.9 Å². The number of aliphatic hydroxyl groups is 1. The van der Waals surface area contributed by atoms with Crippen molar-refractivity contribution >= 4 is 45.4 Å². The standard InChI is InChI=1S/C20H24N4O4S2/c1-9-13(16(20(27)28)24-15(9)14(10(2)25)17(24)26)12-7-23-8-22(3)18(19(23)30-12)29-11-4-5-21-6-11/h7-11,14-15,21,25H,4-6H2,1-3H3/t9-,10+,11-,14+,15+/m0/s1. The molecule has 5 heterocycles. The van der Waals surface area contributed by atoms with Gasteiger partial charge in [-0.2, -0.15) is 4.40 Å². The zero-order valence-corrected chi connectivity index (χ0v) is 18.6. The Morgan fingerprint density at radius 2 is 2.27 bits per heavy atom. The third kappa shape index (κ3) is 2.77. The van der Waals surface area contributed by atoms with Crippen molar-refractivity contribution in [3.8, 4) is 0 Å². The molecule has 0 saturated carbocycles. The molecule has 0 aromatic carbocycles. The van der Waals surface area contributed by atoms with Crippen molar-refractivity contribution in [3.05, 3.63) is 23.1 Å². The molecule has 1 amide bonds. The number of thioether (sulfide) groups is 1. The van der Waals surface area contributed by atoms with E-state index in [9.17, 15) is 19.8 Å². The van der Waals surface area contributed by atoms with Crippen LogP contribution < -0.4 is 15.0 Å². The fraction of sp³-hybridized carbons (Fsp3) is 0.550. The summed E-state index contributed by atoms with van der Waals surface area (Å²) in [5, 5.41) is 27.1. The number of carbonyl (C=O) groups excluding carboxylic acids is 2. The van der Waals surface area contributed by atoms with Gasteiger partial charge < -0.3 is 25.2 Å². The Kier molecular flexibility index (Phi) is 4.73. The van der Waals surface area contributed by atoms with E-state index < -0.39 is 18.0 Å². The van der Waals surface area contributed by atoms with Crippen molar-refractivity contribution in [2.75, 3.05) is 13.1 Å². The summed E-state index contributed by atoms with van der Waals surface area (Å²) in [6, 6.07) is -0.337. The van der Waals surface area contributed by atoms with Crippen LogP contribution in [0, 0.1) is 11.8 Å². The first-order valence-electron chi connectivity index (χ1n) is 10.1. The number of hydrogen-bond acceptors (Lipinski definition) is 7. The van der Waals surface area contributed by atoms with Crippen molar-refractivity contribution in [3.63, 3.8) is 0 Å². The number of aliphatic carboxylic acids is 1. The zero-order valence-electron chi connectivity index (χ0n) is 17.0. The molecule has 160 valence electrons. The number of nitrogens with zero attached hydrogens (tertiary/aromatic N) is 3. The largest absolute Gasteiger partial charge is 0.543 e. The first kappa shape index (κ1) is 20.0. The number of hydrogen-bond donors (Lipinski definition) is 2. The molecule has 5 rings (SSSR count). The Bertz CT molecular complexity index is 1080. The van der Waals surface area contributed by atoms with Gasteiger partial charge in [-0.25, -0.2) is 4.57 Å². The van der Waals surface area contributed by atoms with Crippen molar-refractivity contribution in [1.82, 2.24) is 14.6 Å². The molecule has 0 bridgehead atoms. The molecule has 10 heteroatoms. The topological polar surface area (TPSA) is 101 Å². The number of nitrogens with one attached hydrogen (secondary N) is 1. The number of carboxylic acids is 1. The average Bonchev–Trinajstić information content (AvgIpc) is 3.40. The van der Waals surface area contributed by atoms with Crippen LogP contribution in [0.4, 0.5) is 0 Å². The van der Waals surface area contributed by atoms with Crippen molar-refractivity contribution in [1.29, 1.82) is 0 Å². The Balaban J connectivity index is 1.57. The molecule has 0 unspecified atom stereocenters. The summed E-state index contributed by atoms with van der Waals surface area (Å²) in [4.78, 5) is 27.8. The van der Waals surface area contributed by atoms with Crippen LogP contribution in [0.15, 0.2) is 23.2 Å². The molecule has 3 aliphatic rings. The quantitative estimate of drug-likeness (QED) is 0.477. The summed E-state index contributed by atoms with van der Waals surface area (Å²) in [6.45, 7) is 5.53.